The summed E-state index contributed by atoms with van der Waals surface area (Å²) in [4.78, 5) is 24.0. The van der Waals surface area contributed by atoms with Crippen molar-refractivity contribution >= 4 is 35.2 Å². The second-order valence-electron chi connectivity index (χ2n) is 6.59. The molecule has 0 saturated heterocycles. The smallest absolute Gasteiger partial charge is 0.417 e. The quantitative estimate of drug-likeness (QED) is 0.730. The molecule has 2 amide bonds. The van der Waals surface area contributed by atoms with E-state index in [4.69, 9.17) is 21.1 Å². The molecule has 6 nitrogen and oxygen atoms in total. The highest BCUT2D eigenvalue weighted by atomic mass is 35.5. The third-order valence-electron chi connectivity index (χ3n) is 3.18. The molecular weight excluding hydrogens is 356 g/mol. The van der Waals surface area contributed by atoms with E-state index < -0.39 is 17.8 Å². The van der Waals surface area contributed by atoms with Crippen LogP contribution in [0.1, 0.15) is 26.3 Å². The summed E-state index contributed by atoms with van der Waals surface area (Å²) in [6.45, 7) is 7.05. The summed E-state index contributed by atoms with van der Waals surface area (Å²) >= 11 is 6.19. The zero-order chi connectivity index (χ0) is 19.3. The maximum atomic E-state index is 12.0. The largest absolute Gasteiger partial charge is 0.444 e. The average Bonchev–Trinajstić information content (AvgIpc) is 2.51. The Hall–Kier alpha value is -2.73. The van der Waals surface area contributed by atoms with Gasteiger partial charge in [0.15, 0.2) is 0 Å². The number of carbonyl (C=O) groups excluding carboxylic acids is 2. The number of nitrogens with one attached hydrogen (secondary N) is 2. The summed E-state index contributed by atoms with van der Waals surface area (Å²) in [6.07, 6.45) is -1.28. The number of para-hydroxylation sites is 1. The highest BCUT2D eigenvalue weighted by molar-refractivity contribution is 6.32. The number of ether oxygens (including phenoxy) is 2. The van der Waals surface area contributed by atoms with Crippen LogP contribution in [-0.4, -0.2) is 17.8 Å². The number of hydrogen-bond acceptors (Lipinski definition) is 4. The van der Waals surface area contributed by atoms with Crippen molar-refractivity contribution in [2.75, 3.05) is 10.6 Å². The maximum absolute atomic E-state index is 12.0. The monoisotopic (exact) mass is 376 g/mol. The van der Waals surface area contributed by atoms with Gasteiger partial charge in [0, 0.05) is 10.7 Å². The van der Waals surface area contributed by atoms with Crippen LogP contribution in [0.3, 0.4) is 0 Å². The molecule has 7 heteroatoms. The van der Waals surface area contributed by atoms with Crippen molar-refractivity contribution in [3.63, 3.8) is 0 Å². The molecule has 2 aromatic rings. The predicted molar refractivity (Wildman–Crippen MR) is 102 cm³/mol. The lowest BCUT2D eigenvalue weighted by Gasteiger charge is -2.20. The van der Waals surface area contributed by atoms with Crippen LogP contribution in [0.2, 0.25) is 5.02 Å². The molecule has 2 rings (SSSR count). The van der Waals surface area contributed by atoms with Gasteiger partial charge < -0.3 is 9.47 Å². The summed E-state index contributed by atoms with van der Waals surface area (Å²) in [6, 6.07) is 11.8. The first kappa shape index (κ1) is 19.6. The Labute approximate surface area is 157 Å². The summed E-state index contributed by atoms with van der Waals surface area (Å²) in [7, 11) is 0. The zero-order valence-electron chi connectivity index (χ0n) is 15.1. The summed E-state index contributed by atoms with van der Waals surface area (Å²) in [5.74, 6) is 0.412. The lowest BCUT2D eigenvalue weighted by atomic mass is 10.1. The van der Waals surface area contributed by atoms with Crippen LogP contribution in [-0.2, 0) is 4.74 Å². The molecule has 0 unspecified atom stereocenters. The Kier molecular flexibility index (Phi) is 6.10. The minimum Gasteiger partial charge on any atom is -0.444 e. The Morgan fingerprint density at radius 3 is 2.27 bits per heavy atom. The van der Waals surface area contributed by atoms with Crippen molar-refractivity contribution in [3.8, 4) is 5.75 Å². The van der Waals surface area contributed by atoms with E-state index >= 15 is 0 Å². The van der Waals surface area contributed by atoms with Crippen LogP contribution in [0.15, 0.2) is 42.5 Å². The van der Waals surface area contributed by atoms with Crippen LogP contribution in [0.25, 0.3) is 0 Å². The second kappa shape index (κ2) is 8.10. The normalized spacial score (nSPS) is 10.8. The van der Waals surface area contributed by atoms with E-state index in [0.717, 1.165) is 0 Å². The maximum Gasteiger partial charge on any atom is 0.417 e. The highest BCUT2D eigenvalue weighted by Crippen LogP contribution is 2.29. The van der Waals surface area contributed by atoms with Crippen LogP contribution in [0, 0.1) is 6.92 Å². The molecular formula is C19H21ClN2O4. The Balaban J connectivity index is 2.11. The molecule has 2 N–H and O–H groups in total. The van der Waals surface area contributed by atoms with Gasteiger partial charge in [-0.15, -0.1) is 0 Å². The molecule has 2 aromatic carbocycles. The van der Waals surface area contributed by atoms with E-state index in [0.29, 0.717) is 27.7 Å². The minimum absolute atomic E-state index is 0.382. The molecule has 0 fully saturated rings. The van der Waals surface area contributed by atoms with Crippen molar-refractivity contribution < 1.29 is 19.1 Å². The van der Waals surface area contributed by atoms with Crippen molar-refractivity contribution in [1.82, 2.24) is 0 Å². The summed E-state index contributed by atoms with van der Waals surface area (Å²) < 4.78 is 10.4. The number of halogens is 1. The Morgan fingerprint density at radius 1 is 1.00 bits per heavy atom. The molecule has 138 valence electrons. The van der Waals surface area contributed by atoms with Crippen LogP contribution in [0.5, 0.6) is 5.75 Å². The standard InChI is InChI=1S/C19H21ClN2O4/c1-12-15(20)10-13(11-16(12)22-18(24)26-19(2,3)4)21-17(23)25-14-8-6-5-7-9-14/h5-11H,1-4H3,(H,21,23)(H,22,24). The van der Waals surface area contributed by atoms with Gasteiger partial charge in [-0.2, -0.15) is 0 Å². The highest BCUT2D eigenvalue weighted by Gasteiger charge is 2.18. The SMILES string of the molecule is Cc1c(Cl)cc(NC(=O)Oc2ccccc2)cc1NC(=O)OC(C)(C)C. The van der Waals surface area contributed by atoms with Crippen molar-refractivity contribution in [1.29, 1.82) is 0 Å². The number of hydrogen-bond donors (Lipinski definition) is 2. The van der Waals surface area contributed by atoms with E-state index in [9.17, 15) is 9.59 Å². The van der Waals surface area contributed by atoms with Gasteiger partial charge in [-0.25, -0.2) is 9.59 Å². The number of rotatable bonds is 3. The van der Waals surface area contributed by atoms with Gasteiger partial charge >= 0.3 is 12.2 Å². The van der Waals surface area contributed by atoms with Gasteiger partial charge in [0.1, 0.15) is 11.4 Å². The lowest BCUT2D eigenvalue weighted by molar-refractivity contribution is 0.0636. The zero-order valence-corrected chi connectivity index (χ0v) is 15.8. The van der Waals surface area contributed by atoms with Gasteiger partial charge in [0.25, 0.3) is 0 Å². The fourth-order valence-corrected chi connectivity index (χ4v) is 2.25. The van der Waals surface area contributed by atoms with Crippen molar-refractivity contribution in [2.45, 2.75) is 33.3 Å². The van der Waals surface area contributed by atoms with Gasteiger partial charge in [-0.3, -0.25) is 10.6 Å². The third-order valence-corrected chi connectivity index (χ3v) is 3.57. The van der Waals surface area contributed by atoms with Crippen LogP contribution < -0.4 is 15.4 Å². The summed E-state index contributed by atoms with van der Waals surface area (Å²) in [5, 5.41) is 5.60. The van der Waals surface area contributed by atoms with E-state index in [1.807, 2.05) is 6.07 Å². The molecule has 0 aliphatic heterocycles. The molecule has 0 radical (unpaired) electrons. The molecule has 26 heavy (non-hydrogen) atoms. The summed E-state index contributed by atoms with van der Waals surface area (Å²) in [5.41, 5.74) is 0.839. The number of anilines is 2. The molecule has 0 bridgehead atoms. The van der Waals surface area contributed by atoms with E-state index in [1.54, 1.807) is 64.1 Å². The minimum atomic E-state index is -0.667. The van der Waals surface area contributed by atoms with Gasteiger partial charge in [-0.1, -0.05) is 29.8 Å². The Morgan fingerprint density at radius 2 is 1.65 bits per heavy atom. The molecule has 0 spiro atoms. The van der Waals surface area contributed by atoms with Crippen LogP contribution in [0.4, 0.5) is 21.0 Å². The van der Waals surface area contributed by atoms with Gasteiger partial charge in [0.05, 0.1) is 5.69 Å². The molecule has 0 aliphatic carbocycles. The van der Waals surface area contributed by atoms with Crippen LogP contribution >= 0.6 is 11.6 Å². The number of benzene rings is 2. The lowest BCUT2D eigenvalue weighted by Crippen LogP contribution is -2.27. The predicted octanol–water partition coefficient (Wildman–Crippen LogP) is 5.61. The van der Waals surface area contributed by atoms with E-state index in [2.05, 4.69) is 10.6 Å². The number of carbonyl (C=O) groups is 2. The first-order valence-electron chi connectivity index (χ1n) is 7.98. The average molecular weight is 377 g/mol. The first-order chi connectivity index (χ1) is 12.1. The molecule has 0 aliphatic rings. The van der Waals surface area contributed by atoms with Crippen molar-refractivity contribution in [2.24, 2.45) is 0 Å². The first-order valence-corrected chi connectivity index (χ1v) is 8.36. The molecule has 0 heterocycles. The van der Waals surface area contributed by atoms with Crippen molar-refractivity contribution in [3.05, 3.63) is 53.1 Å². The van der Waals surface area contributed by atoms with Gasteiger partial charge in [0.2, 0.25) is 0 Å². The Bertz CT molecular complexity index is 801. The second-order valence-corrected chi connectivity index (χ2v) is 6.99. The topological polar surface area (TPSA) is 76.7 Å². The molecule has 0 aromatic heterocycles. The third kappa shape index (κ3) is 5.97. The molecule has 0 atom stereocenters. The fourth-order valence-electron chi connectivity index (χ4n) is 2.03. The fraction of sp³-hybridized carbons (Fsp3) is 0.263. The van der Waals surface area contributed by atoms with E-state index in [1.165, 1.54) is 0 Å². The number of amides is 2. The van der Waals surface area contributed by atoms with E-state index in [-0.39, 0.29) is 0 Å². The van der Waals surface area contributed by atoms with Gasteiger partial charge in [-0.05, 0) is 57.5 Å². The molecule has 0 saturated carbocycles.